The van der Waals surface area contributed by atoms with E-state index >= 15 is 0 Å². The molecule has 2 rings (SSSR count). The van der Waals surface area contributed by atoms with Crippen LogP contribution in [0.1, 0.15) is 30.9 Å². The van der Waals surface area contributed by atoms with Gasteiger partial charge in [-0.05, 0) is 43.4 Å². The van der Waals surface area contributed by atoms with Crippen molar-refractivity contribution in [3.05, 3.63) is 35.4 Å². The molecule has 1 aliphatic rings. The van der Waals surface area contributed by atoms with Crippen LogP contribution in [0.5, 0.6) is 0 Å². The van der Waals surface area contributed by atoms with Crippen molar-refractivity contribution in [2.45, 2.75) is 38.6 Å². The summed E-state index contributed by atoms with van der Waals surface area (Å²) in [5, 5.41) is 9.15. The van der Waals surface area contributed by atoms with Crippen molar-refractivity contribution in [2.75, 3.05) is 19.7 Å². The third-order valence-electron chi connectivity index (χ3n) is 3.74. The fraction of sp³-hybridized carbons (Fsp3) is 0.600. The molecular weight excluding hydrogens is 210 g/mol. The summed E-state index contributed by atoms with van der Waals surface area (Å²) < 4.78 is 0. The Morgan fingerprint density at radius 2 is 2.00 bits per heavy atom. The van der Waals surface area contributed by atoms with Crippen LogP contribution in [0, 0.1) is 0 Å². The second kappa shape index (κ2) is 6.18. The fourth-order valence-electron chi connectivity index (χ4n) is 2.88. The van der Waals surface area contributed by atoms with E-state index in [2.05, 4.69) is 36.1 Å². The SMILES string of the molecule is CCCN(CCO)[C@H]1CCc2ccccc2C1. The standard InChI is InChI=1S/C15H23NO/c1-2-9-16(10-11-17)15-8-7-13-5-3-4-6-14(13)12-15/h3-6,15,17H,2,7-12H2,1H3/t15-/m0/s1. The van der Waals surface area contributed by atoms with E-state index in [1.807, 2.05) is 0 Å². The fourth-order valence-corrected chi connectivity index (χ4v) is 2.88. The van der Waals surface area contributed by atoms with Gasteiger partial charge in [-0.2, -0.15) is 0 Å². The van der Waals surface area contributed by atoms with Crippen molar-refractivity contribution in [1.82, 2.24) is 4.90 Å². The molecule has 0 aromatic heterocycles. The van der Waals surface area contributed by atoms with Gasteiger partial charge in [0, 0.05) is 12.6 Å². The Bertz CT molecular complexity index is 345. The summed E-state index contributed by atoms with van der Waals surface area (Å²) in [7, 11) is 0. The Hall–Kier alpha value is -0.860. The van der Waals surface area contributed by atoms with Gasteiger partial charge in [-0.15, -0.1) is 0 Å². The van der Waals surface area contributed by atoms with Crippen LogP contribution < -0.4 is 0 Å². The highest BCUT2D eigenvalue weighted by Crippen LogP contribution is 2.24. The number of rotatable bonds is 5. The van der Waals surface area contributed by atoms with Gasteiger partial charge in [0.1, 0.15) is 0 Å². The summed E-state index contributed by atoms with van der Waals surface area (Å²) in [6.07, 6.45) is 4.73. The Balaban J connectivity index is 2.04. The van der Waals surface area contributed by atoms with Gasteiger partial charge in [0.25, 0.3) is 0 Å². The molecule has 1 N–H and O–H groups in total. The Morgan fingerprint density at radius 3 is 2.71 bits per heavy atom. The van der Waals surface area contributed by atoms with E-state index in [0.717, 1.165) is 25.9 Å². The second-order valence-corrected chi connectivity index (χ2v) is 4.92. The lowest BCUT2D eigenvalue weighted by Gasteiger charge is -2.34. The van der Waals surface area contributed by atoms with Crippen LogP contribution in [0.15, 0.2) is 24.3 Å². The first-order valence-electron chi connectivity index (χ1n) is 6.76. The maximum atomic E-state index is 9.15. The van der Waals surface area contributed by atoms with Gasteiger partial charge in [0.15, 0.2) is 0 Å². The number of fused-ring (bicyclic) bond motifs is 1. The number of hydrogen-bond acceptors (Lipinski definition) is 2. The molecule has 0 spiro atoms. The lowest BCUT2D eigenvalue weighted by Crippen LogP contribution is -2.41. The Kier molecular flexibility index (Phi) is 4.57. The number of hydrogen-bond donors (Lipinski definition) is 1. The molecule has 0 radical (unpaired) electrons. The first-order chi connectivity index (χ1) is 8.35. The summed E-state index contributed by atoms with van der Waals surface area (Å²) in [6, 6.07) is 9.40. The molecule has 0 heterocycles. The lowest BCUT2D eigenvalue weighted by molar-refractivity contribution is 0.140. The average molecular weight is 233 g/mol. The minimum absolute atomic E-state index is 0.276. The first kappa shape index (κ1) is 12.6. The molecule has 0 amide bonds. The molecule has 0 saturated heterocycles. The van der Waals surface area contributed by atoms with E-state index in [-0.39, 0.29) is 6.61 Å². The predicted octanol–water partition coefficient (Wildman–Crippen LogP) is 2.25. The van der Waals surface area contributed by atoms with Crippen LogP contribution in [-0.4, -0.2) is 35.7 Å². The normalized spacial score (nSPS) is 19.4. The van der Waals surface area contributed by atoms with E-state index < -0.39 is 0 Å². The van der Waals surface area contributed by atoms with Gasteiger partial charge in [0.2, 0.25) is 0 Å². The molecule has 1 aromatic carbocycles. The number of nitrogens with zero attached hydrogens (tertiary/aromatic N) is 1. The van der Waals surface area contributed by atoms with Gasteiger partial charge >= 0.3 is 0 Å². The molecule has 0 saturated carbocycles. The van der Waals surface area contributed by atoms with Crippen molar-refractivity contribution in [3.8, 4) is 0 Å². The second-order valence-electron chi connectivity index (χ2n) is 4.92. The zero-order valence-electron chi connectivity index (χ0n) is 10.7. The van der Waals surface area contributed by atoms with Crippen LogP contribution >= 0.6 is 0 Å². The lowest BCUT2D eigenvalue weighted by atomic mass is 9.87. The Morgan fingerprint density at radius 1 is 1.24 bits per heavy atom. The minimum Gasteiger partial charge on any atom is -0.395 e. The number of aliphatic hydroxyl groups is 1. The van der Waals surface area contributed by atoms with E-state index in [4.69, 9.17) is 5.11 Å². The monoisotopic (exact) mass is 233 g/mol. The first-order valence-corrected chi connectivity index (χ1v) is 6.76. The molecule has 0 bridgehead atoms. The summed E-state index contributed by atoms with van der Waals surface area (Å²) in [5.41, 5.74) is 3.02. The van der Waals surface area contributed by atoms with Crippen molar-refractivity contribution >= 4 is 0 Å². The van der Waals surface area contributed by atoms with E-state index in [0.29, 0.717) is 6.04 Å². The summed E-state index contributed by atoms with van der Waals surface area (Å²) in [5.74, 6) is 0. The summed E-state index contributed by atoms with van der Waals surface area (Å²) >= 11 is 0. The highest BCUT2D eigenvalue weighted by Gasteiger charge is 2.22. The highest BCUT2D eigenvalue weighted by molar-refractivity contribution is 5.30. The maximum Gasteiger partial charge on any atom is 0.0558 e. The van der Waals surface area contributed by atoms with Gasteiger partial charge in [-0.3, -0.25) is 4.90 Å². The minimum atomic E-state index is 0.276. The van der Waals surface area contributed by atoms with E-state index in [1.54, 1.807) is 0 Å². The molecule has 1 aliphatic carbocycles. The molecule has 0 aliphatic heterocycles. The Labute approximate surface area is 104 Å². The van der Waals surface area contributed by atoms with Crippen molar-refractivity contribution in [1.29, 1.82) is 0 Å². The smallest absolute Gasteiger partial charge is 0.0558 e. The van der Waals surface area contributed by atoms with Crippen LogP contribution in [0.3, 0.4) is 0 Å². The van der Waals surface area contributed by atoms with Gasteiger partial charge in [-0.25, -0.2) is 0 Å². The molecule has 1 aromatic rings. The third-order valence-corrected chi connectivity index (χ3v) is 3.74. The van der Waals surface area contributed by atoms with Crippen LogP contribution in [-0.2, 0) is 12.8 Å². The average Bonchev–Trinajstić information content (AvgIpc) is 2.38. The number of aliphatic hydroxyl groups excluding tert-OH is 1. The van der Waals surface area contributed by atoms with Crippen molar-refractivity contribution in [3.63, 3.8) is 0 Å². The number of aryl methyl sites for hydroxylation is 1. The zero-order chi connectivity index (χ0) is 12.1. The van der Waals surface area contributed by atoms with E-state index in [9.17, 15) is 0 Å². The molecular formula is C15H23NO. The maximum absolute atomic E-state index is 9.15. The molecule has 0 fully saturated rings. The zero-order valence-corrected chi connectivity index (χ0v) is 10.7. The van der Waals surface area contributed by atoms with Crippen LogP contribution in [0.2, 0.25) is 0 Å². The quantitative estimate of drug-likeness (QED) is 0.843. The van der Waals surface area contributed by atoms with Gasteiger partial charge in [-0.1, -0.05) is 31.2 Å². The molecule has 17 heavy (non-hydrogen) atoms. The molecule has 94 valence electrons. The summed E-state index contributed by atoms with van der Waals surface area (Å²) in [6.45, 7) is 4.41. The largest absolute Gasteiger partial charge is 0.395 e. The van der Waals surface area contributed by atoms with Gasteiger partial charge in [0.05, 0.1) is 6.61 Å². The molecule has 0 unspecified atom stereocenters. The highest BCUT2D eigenvalue weighted by atomic mass is 16.3. The predicted molar refractivity (Wildman–Crippen MR) is 71.2 cm³/mol. The van der Waals surface area contributed by atoms with E-state index in [1.165, 1.54) is 24.0 Å². The summed E-state index contributed by atoms with van der Waals surface area (Å²) in [4.78, 5) is 2.45. The van der Waals surface area contributed by atoms with Gasteiger partial charge < -0.3 is 5.11 Å². The van der Waals surface area contributed by atoms with Crippen molar-refractivity contribution in [2.24, 2.45) is 0 Å². The number of benzene rings is 1. The topological polar surface area (TPSA) is 23.5 Å². The molecule has 2 nitrogen and oxygen atoms in total. The molecule has 2 heteroatoms. The van der Waals surface area contributed by atoms with Crippen LogP contribution in [0.4, 0.5) is 0 Å². The third kappa shape index (κ3) is 3.08. The van der Waals surface area contributed by atoms with Crippen molar-refractivity contribution < 1.29 is 5.11 Å². The van der Waals surface area contributed by atoms with Crippen LogP contribution in [0.25, 0.3) is 0 Å². The molecule has 1 atom stereocenters.